The number of rotatable bonds is 5. The van der Waals surface area contributed by atoms with Gasteiger partial charge in [0.05, 0.1) is 13.2 Å². The molecule has 1 aliphatic heterocycles. The van der Waals surface area contributed by atoms with Crippen LogP contribution in [0.25, 0.3) is 0 Å². The van der Waals surface area contributed by atoms with Gasteiger partial charge in [0.25, 0.3) is 5.91 Å². The Labute approximate surface area is 147 Å². The van der Waals surface area contributed by atoms with Gasteiger partial charge < -0.3 is 19.5 Å². The first kappa shape index (κ1) is 17.1. The van der Waals surface area contributed by atoms with E-state index in [9.17, 15) is 4.79 Å². The Morgan fingerprint density at radius 3 is 2.72 bits per heavy atom. The van der Waals surface area contributed by atoms with E-state index in [4.69, 9.17) is 14.2 Å². The monoisotopic (exact) mass is 341 g/mol. The molecule has 5 heteroatoms. The first-order valence-electron chi connectivity index (χ1n) is 8.45. The Kier molecular flexibility index (Phi) is 5.12. The van der Waals surface area contributed by atoms with E-state index in [1.165, 1.54) is 0 Å². The Morgan fingerprint density at radius 1 is 1.28 bits per heavy atom. The third kappa shape index (κ3) is 3.71. The summed E-state index contributed by atoms with van der Waals surface area (Å²) < 4.78 is 16.7. The summed E-state index contributed by atoms with van der Waals surface area (Å²) in [4.78, 5) is 12.6. The van der Waals surface area contributed by atoms with Crippen LogP contribution >= 0.6 is 0 Å². The fourth-order valence-electron chi connectivity index (χ4n) is 2.95. The summed E-state index contributed by atoms with van der Waals surface area (Å²) in [5.41, 5.74) is 2.09. The Morgan fingerprint density at radius 2 is 2.04 bits per heavy atom. The van der Waals surface area contributed by atoms with Gasteiger partial charge in [-0.25, -0.2) is 0 Å². The molecule has 0 fully saturated rings. The summed E-state index contributed by atoms with van der Waals surface area (Å²) in [6, 6.07) is 13.2. The van der Waals surface area contributed by atoms with Crippen molar-refractivity contribution in [3.05, 3.63) is 53.6 Å². The highest BCUT2D eigenvalue weighted by molar-refractivity contribution is 5.82. The first-order chi connectivity index (χ1) is 12.1. The van der Waals surface area contributed by atoms with Gasteiger partial charge in [0.15, 0.2) is 11.5 Å². The molecule has 2 aromatic rings. The number of aryl methyl sites for hydroxylation is 1. The van der Waals surface area contributed by atoms with Crippen LogP contribution in [0.1, 0.15) is 30.5 Å². The predicted octanol–water partition coefficient (Wildman–Crippen LogP) is 3.41. The lowest BCUT2D eigenvalue weighted by atomic mass is 10.0. The van der Waals surface area contributed by atoms with Gasteiger partial charge in [-0.2, -0.15) is 0 Å². The van der Waals surface area contributed by atoms with Gasteiger partial charge in [-0.05, 0) is 42.7 Å². The van der Waals surface area contributed by atoms with Gasteiger partial charge in [-0.3, -0.25) is 4.79 Å². The average molecular weight is 341 g/mol. The van der Waals surface area contributed by atoms with E-state index in [0.29, 0.717) is 11.5 Å². The maximum Gasteiger partial charge on any atom is 0.265 e. The second-order valence-electron chi connectivity index (χ2n) is 6.06. The molecule has 0 saturated carbocycles. The predicted molar refractivity (Wildman–Crippen MR) is 95.3 cm³/mol. The number of amides is 1. The third-order valence-electron chi connectivity index (χ3n) is 4.35. The number of fused-ring (bicyclic) bond motifs is 1. The van der Waals surface area contributed by atoms with Crippen LogP contribution in [0.15, 0.2) is 42.5 Å². The summed E-state index contributed by atoms with van der Waals surface area (Å²) >= 11 is 0. The van der Waals surface area contributed by atoms with Crippen LogP contribution in [0.4, 0.5) is 0 Å². The van der Waals surface area contributed by atoms with Crippen molar-refractivity contribution in [2.45, 2.75) is 32.4 Å². The molecule has 0 spiro atoms. The maximum absolute atomic E-state index is 12.6. The minimum Gasteiger partial charge on any atom is -0.496 e. The molecular formula is C20H23NO4. The van der Waals surface area contributed by atoms with E-state index < -0.39 is 6.10 Å². The fraction of sp³-hybridized carbons (Fsp3) is 0.350. The normalized spacial score (nSPS) is 16.8. The SMILES string of the molecule is CC[C@H](NC(=O)[C@H]1COc2ccccc2O1)c1ccc(OC)c(C)c1. The molecule has 132 valence electrons. The van der Waals surface area contributed by atoms with Gasteiger partial charge in [0.2, 0.25) is 6.10 Å². The quantitative estimate of drug-likeness (QED) is 0.905. The zero-order valence-electron chi connectivity index (χ0n) is 14.7. The van der Waals surface area contributed by atoms with Gasteiger partial charge in [0, 0.05) is 0 Å². The summed E-state index contributed by atoms with van der Waals surface area (Å²) in [6.07, 6.45) is 0.130. The highest BCUT2D eigenvalue weighted by Crippen LogP contribution is 2.31. The van der Waals surface area contributed by atoms with E-state index in [1.54, 1.807) is 13.2 Å². The van der Waals surface area contributed by atoms with Gasteiger partial charge in [0.1, 0.15) is 12.4 Å². The van der Waals surface area contributed by atoms with Gasteiger partial charge in [-0.15, -0.1) is 0 Å². The molecule has 1 aliphatic rings. The van der Waals surface area contributed by atoms with Crippen LogP contribution in [-0.4, -0.2) is 25.7 Å². The van der Waals surface area contributed by atoms with Crippen LogP contribution < -0.4 is 19.5 Å². The smallest absolute Gasteiger partial charge is 0.265 e. The highest BCUT2D eigenvalue weighted by Gasteiger charge is 2.28. The molecule has 0 unspecified atom stereocenters. The Hall–Kier alpha value is -2.69. The van der Waals surface area contributed by atoms with E-state index in [1.807, 2.05) is 50.2 Å². The molecular weight excluding hydrogens is 318 g/mol. The minimum absolute atomic E-state index is 0.0853. The minimum atomic E-state index is -0.650. The third-order valence-corrected chi connectivity index (χ3v) is 4.35. The van der Waals surface area contributed by atoms with Crippen molar-refractivity contribution in [2.24, 2.45) is 0 Å². The number of methoxy groups -OCH3 is 1. The lowest BCUT2D eigenvalue weighted by Gasteiger charge is -2.27. The Balaban J connectivity index is 1.70. The largest absolute Gasteiger partial charge is 0.496 e. The number of carbonyl (C=O) groups is 1. The van der Waals surface area contributed by atoms with Crippen LogP contribution in [0.3, 0.4) is 0 Å². The molecule has 25 heavy (non-hydrogen) atoms. The number of carbonyl (C=O) groups excluding carboxylic acids is 1. The van der Waals surface area contributed by atoms with Crippen molar-refractivity contribution in [1.82, 2.24) is 5.32 Å². The average Bonchev–Trinajstić information content (AvgIpc) is 2.65. The molecule has 0 aromatic heterocycles. The molecule has 0 saturated heterocycles. The Bertz CT molecular complexity index is 759. The molecule has 2 aromatic carbocycles. The molecule has 1 N–H and O–H groups in total. The van der Waals surface area contributed by atoms with Crippen molar-refractivity contribution in [3.63, 3.8) is 0 Å². The zero-order chi connectivity index (χ0) is 17.8. The number of benzene rings is 2. The molecule has 1 amide bonds. The lowest BCUT2D eigenvalue weighted by Crippen LogP contribution is -2.45. The second-order valence-corrected chi connectivity index (χ2v) is 6.06. The molecule has 0 radical (unpaired) electrons. The molecule has 3 rings (SSSR count). The van der Waals surface area contributed by atoms with Crippen molar-refractivity contribution < 1.29 is 19.0 Å². The number of hydrogen-bond donors (Lipinski definition) is 1. The van der Waals surface area contributed by atoms with E-state index in [0.717, 1.165) is 23.3 Å². The molecule has 5 nitrogen and oxygen atoms in total. The fourth-order valence-corrected chi connectivity index (χ4v) is 2.95. The topological polar surface area (TPSA) is 56.8 Å². The first-order valence-corrected chi connectivity index (χ1v) is 8.45. The molecule has 0 aliphatic carbocycles. The van der Waals surface area contributed by atoms with Crippen molar-refractivity contribution >= 4 is 5.91 Å². The molecule has 0 bridgehead atoms. The standard InChI is InChI=1S/C20H23NO4/c1-4-15(14-9-10-16(23-3)13(2)11-14)21-20(22)19-12-24-17-7-5-6-8-18(17)25-19/h5-11,15,19H,4,12H2,1-3H3,(H,21,22)/t15-,19+/m0/s1. The molecule has 2 atom stereocenters. The summed E-state index contributed by atoms with van der Waals surface area (Å²) in [7, 11) is 1.65. The van der Waals surface area contributed by atoms with Crippen LogP contribution in [-0.2, 0) is 4.79 Å². The second kappa shape index (κ2) is 7.47. The lowest BCUT2D eigenvalue weighted by molar-refractivity contribution is -0.131. The van der Waals surface area contributed by atoms with Crippen molar-refractivity contribution in [2.75, 3.05) is 13.7 Å². The zero-order valence-corrected chi connectivity index (χ0v) is 14.7. The van der Waals surface area contributed by atoms with Gasteiger partial charge in [-0.1, -0.05) is 31.2 Å². The van der Waals surface area contributed by atoms with Crippen LogP contribution in [0, 0.1) is 6.92 Å². The number of ether oxygens (including phenoxy) is 3. The number of nitrogens with one attached hydrogen (secondary N) is 1. The number of para-hydroxylation sites is 2. The molecule has 1 heterocycles. The highest BCUT2D eigenvalue weighted by atomic mass is 16.6. The van der Waals surface area contributed by atoms with Crippen LogP contribution in [0.2, 0.25) is 0 Å². The van der Waals surface area contributed by atoms with Gasteiger partial charge >= 0.3 is 0 Å². The van der Waals surface area contributed by atoms with Crippen LogP contribution in [0.5, 0.6) is 17.2 Å². The van der Waals surface area contributed by atoms with E-state index >= 15 is 0 Å². The van der Waals surface area contributed by atoms with E-state index in [2.05, 4.69) is 5.32 Å². The summed E-state index contributed by atoms with van der Waals surface area (Å²) in [6.45, 7) is 4.24. The summed E-state index contributed by atoms with van der Waals surface area (Å²) in [5.74, 6) is 1.94. The maximum atomic E-state index is 12.6. The summed E-state index contributed by atoms with van der Waals surface area (Å²) in [5, 5.41) is 3.06. The van der Waals surface area contributed by atoms with E-state index in [-0.39, 0.29) is 18.6 Å². The number of hydrogen-bond acceptors (Lipinski definition) is 4. The van der Waals surface area contributed by atoms with Crippen molar-refractivity contribution in [1.29, 1.82) is 0 Å². The van der Waals surface area contributed by atoms with Crippen molar-refractivity contribution in [3.8, 4) is 17.2 Å².